The van der Waals surface area contributed by atoms with E-state index in [4.69, 9.17) is 0 Å². The van der Waals surface area contributed by atoms with Crippen molar-refractivity contribution in [1.82, 2.24) is 4.98 Å². The normalized spacial score (nSPS) is 17.6. The first-order valence-corrected chi connectivity index (χ1v) is 8.42. The van der Waals surface area contributed by atoms with Gasteiger partial charge in [-0.3, -0.25) is 0 Å². The number of anilines is 2. The highest BCUT2D eigenvalue weighted by Crippen LogP contribution is 2.39. The van der Waals surface area contributed by atoms with Gasteiger partial charge in [0.2, 0.25) is 0 Å². The minimum absolute atomic E-state index is 0.410. The summed E-state index contributed by atoms with van der Waals surface area (Å²) in [4.78, 5) is 7.99. The number of aromatic nitrogens is 1. The lowest BCUT2D eigenvalue weighted by Gasteiger charge is -2.24. The molecule has 106 valence electrons. The highest BCUT2D eigenvalue weighted by molar-refractivity contribution is 9.11. The molecule has 20 heavy (non-hydrogen) atoms. The van der Waals surface area contributed by atoms with Gasteiger partial charge in [-0.25, -0.2) is 4.98 Å². The van der Waals surface area contributed by atoms with E-state index >= 15 is 0 Å². The van der Waals surface area contributed by atoms with Crippen LogP contribution < -0.4 is 10.2 Å². The van der Waals surface area contributed by atoms with Crippen molar-refractivity contribution < 1.29 is 0 Å². The van der Waals surface area contributed by atoms with Gasteiger partial charge in [0.05, 0.1) is 21.7 Å². The summed E-state index contributed by atoms with van der Waals surface area (Å²) >= 11 is 5.47. The lowest BCUT2D eigenvalue weighted by Crippen LogP contribution is -2.16. The molecule has 3 nitrogen and oxygen atoms in total. The zero-order valence-corrected chi connectivity index (χ0v) is 14.1. The number of pyridine rings is 1. The SMILES string of the molecule is CN(C)c1ccc(NC2CCCc3sc(Br)cc32)cn1. The summed E-state index contributed by atoms with van der Waals surface area (Å²) in [7, 11) is 4.01. The van der Waals surface area contributed by atoms with Crippen LogP contribution in [0.25, 0.3) is 0 Å². The van der Waals surface area contributed by atoms with Crippen LogP contribution in [0.2, 0.25) is 0 Å². The number of rotatable bonds is 3. The predicted molar refractivity (Wildman–Crippen MR) is 89.9 cm³/mol. The summed E-state index contributed by atoms with van der Waals surface area (Å²) in [6, 6.07) is 6.83. The Hall–Kier alpha value is -1.07. The maximum Gasteiger partial charge on any atom is 0.128 e. The molecule has 5 heteroatoms. The lowest BCUT2D eigenvalue weighted by atomic mass is 9.94. The van der Waals surface area contributed by atoms with E-state index in [1.165, 1.54) is 33.5 Å². The van der Waals surface area contributed by atoms with Gasteiger partial charge in [-0.1, -0.05) is 0 Å². The Labute approximate surface area is 132 Å². The van der Waals surface area contributed by atoms with Gasteiger partial charge in [-0.05, 0) is 59.0 Å². The quantitative estimate of drug-likeness (QED) is 0.884. The molecule has 0 aromatic carbocycles. The van der Waals surface area contributed by atoms with Crippen molar-refractivity contribution >= 4 is 38.8 Å². The maximum atomic E-state index is 4.46. The largest absolute Gasteiger partial charge is 0.377 e. The Morgan fingerprint density at radius 1 is 1.40 bits per heavy atom. The van der Waals surface area contributed by atoms with Crippen LogP contribution in [-0.4, -0.2) is 19.1 Å². The van der Waals surface area contributed by atoms with Crippen molar-refractivity contribution in [1.29, 1.82) is 0 Å². The van der Waals surface area contributed by atoms with Crippen LogP contribution in [0.3, 0.4) is 0 Å². The molecule has 0 bridgehead atoms. The standard InChI is InChI=1S/C15H18BrN3S/c1-19(2)15-7-6-10(9-17-15)18-12-4-3-5-13-11(12)8-14(16)20-13/h6-9,12,18H,3-5H2,1-2H3. The Bertz CT molecular complexity index is 592. The second-order valence-corrected chi connectivity index (χ2v) is 7.83. The number of hydrogen-bond acceptors (Lipinski definition) is 4. The van der Waals surface area contributed by atoms with Crippen LogP contribution in [0.5, 0.6) is 0 Å². The van der Waals surface area contributed by atoms with Crippen LogP contribution in [0, 0.1) is 0 Å². The third-order valence-electron chi connectivity index (χ3n) is 3.63. The van der Waals surface area contributed by atoms with Crippen LogP contribution in [-0.2, 0) is 6.42 Å². The van der Waals surface area contributed by atoms with Gasteiger partial charge in [-0.15, -0.1) is 11.3 Å². The third-order valence-corrected chi connectivity index (χ3v) is 5.34. The molecule has 0 radical (unpaired) electrons. The highest BCUT2D eigenvalue weighted by Gasteiger charge is 2.22. The molecule has 0 amide bonds. The number of nitrogens with one attached hydrogen (secondary N) is 1. The molecule has 1 unspecified atom stereocenters. The third kappa shape index (κ3) is 2.83. The number of halogens is 1. The molecular weight excluding hydrogens is 334 g/mol. The fourth-order valence-electron chi connectivity index (χ4n) is 2.61. The van der Waals surface area contributed by atoms with Gasteiger partial charge in [-0.2, -0.15) is 0 Å². The summed E-state index contributed by atoms with van der Waals surface area (Å²) in [5.74, 6) is 0.984. The Balaban J connectivity index is 1.78. The summed E-state index contributed by atoms with van der Waals surface area (Å²) in [5.41, 5.74) is 2.54. The first-order chi connectivity index (χ1) is 9.63. The smallest absolute Gasteiger partial charge is 0.128 e. The van der Waals surface area contributed by atoms with Gasteiger partial charge in [0.15, 0.2) is 0 Å². The summed E-state index contributed by atoms with van der Waals surface area (Å²) in [5, 5.41) is 3.62. The zero-order chi connectivity index (χ0) is 14.1. The first kappa shape index (κ1) is 13.9. The number of thiophene rings is 1. The zero-order valence-electron chi connectivity index (χ0n) is 11.7. The number of nitrogens with zero attached hydrogens (tertiary/aromatic N) is 2. The van der Waals surface area contributed by atoms with E-state index in [0.29, 0.717) is 6.04 Å². The van der Waals surface area contributed by atoms with Crippen LogP contribution in [0.15, 0.2) is 28.2 Å². The number of aryl methyl sites for hydroxylation is 1. The van der Waals surface area contributed by atoms with Gasteiger partial charge >= 0.3 is 0 Å². The minimum Gasteiger partial charge on any atom is -0.377 e. The van der Waals surface area contributed by atoms with Crippen molar-refractivity contribution in [2.24, 2.45) is 0 Å². The van der Waals surface area contributed by atoms with E-state index < -0.39 is 0 Å². The van der Waals surface area contributed by atoms with Crippen molar-refractivity contribution in [3.8, 4) is 0 Å². The number of hydrogen-bond donors (Lipinski definition) is 1. The molecule has 2 aromatic rings. The molecule has 0 fully saturated rings. The molecule has 1 aliphatic carbocycles. The van der Waals surface area contributed by atoms with Crippen LogP contribution in [0.1, 0.15) is 29.3 Å². The van der Waals surface area contributed by atoms with Crippen LogP contribution >= 0.6 is 27.3 Å². The fraction of sp³-hybridized carbons (Fsp3) is 0.400. The predicted octanol–water partition coefficient (Wildman–Crippen LogP) is 4.46. The Kier molecular flexibility index (Phi) is 3.98. The molecule has 0 saturated heterocycles. The van der Waals surface area contributed by atoms with Crippen molar-refractivity contribution in [3.63, 3.8) is 0 Å². The minimum atomic E-state index is 0.410. The van der Waals surface area contributed by atoms with Crippen molar-refractivity contribution in [2.45, 2.75) is 25.3 Å². The molecule has 1 atom stereocenters. The van der Waals surface area contributed by atoms with Crippen LogP contribution in [0.4, 0.5) is 11.5 Å². The number of fused-ring (bicyclic) bond motifs is 1. The molecule has 1 N–H and O–H groups in total. The van der Waals surface area contributed by atoms with Gasteiger partial charge < -0.3 is 10.2 Å². The van der Waals surface area contributed by atoms with E-state index in [-0.39, 0.29) is 0 Å². The summed E-state index contributed by atoms with van der Waals surface area (Å²) in [6.07, 6.45) is 5.57. The van der Waals surface area contributed by atoms with Gasteiger partial charge in [0, 0.05) is 19.0 Å². The molecule has 1 aliphatic rings. The molecule has 0 saturated carbocycles. The molecule has 0 spiro atoms. The average molecular weight is 352 g/mol. The second kappa shape index (κ2) is 5.74. The molecule has 3 rings (SSSR count). The maximum absolute atomic E-state index is 4.46. The average Bonchev–Trinajstić information content (AvgIpc) is 2.81. The van der Waals surface area contributed by atoms with Crippen molar-refractivity contribution in [2.75, 3.05) is 24.3 Å². The lowest BCUT2D eigenvalue weighted by molar-refractivity contribution is 0.608. The van der Waals surface area contributed by atoms with E-state index in [9.17, 15) is 0 Å². The molecular formula is C15H18BrN3S. The summed E-state index contributed by atoms with van der Waals surface area (Å²) in [6.45, 7) is 0. The highest BCUT2D eigenvalue weighted by atomic mass is 79.9. The topological polar surface area (TPSA) is 28.2 Å². The van der Waals surface area contributed by atoms with E-state index in [2.05, 4.69) is 44.4 Å². The Morgan fingerprint density at radius 2 is 2.25 bits per heavy atom. The second-order valence-electron chi connectivity index (χ2n) is 5.32. The molecule has 0 aliphatic heterocycles. The van der Waals surface area contributed by atoms with Gasteiger partial charge in [0.25, 0.3) is 0 Å². The van der Waals surface area contributed by atoms with Gasteiger partial charge in [0.1, 0.15) is 5.82 Å². The monoisotopic (exact) mass is 351 g/mol. The van der Waals surface area contributed by atoms with E-state index in [0.717, 1.165) is 11.5 Å². The Morgan fingerprint density at radius 3 is 2.95 bits per heavy atom. The van der Waals surface area contributed by atoms with E-state index in [1.54, 1.807) is 0 Å². The summed E-state index contributed by atoms with van der Waals surface area (Å²) < 4.78 is 1.23. The van der Waals surface area contributed by atoms with E-state index in [1.807, 2.05) is 36.5 Å². The van der Waals surface area contributed by atoms with Crippen molar-refractivity contribution in [3.05, 3.63) is 38.6 Å². The molecule has 2 heterocycles. The molecule has 2 aromatic heterocycles. The fourth-order valence-corrected chi connectivity index (χ4v) is 4.43. The first-order valence-electron chi connectivity index (χ1n) is 6.81.